The number of nitrogens with zero attached hydrogens (tertiary/aromatic N) is 2. The Morgan fingerprint density at radius 2 is 2.10 bits per heavy atom. The van der Waals surface area contributed by atoms with Crippen molar-refractivity contribution >= 4 is 17.6 Å². The summed E-state index contributed by atoms with van der Waals surface area (Å²) in [5, 5.41) is 29.4. The van der Waals surface area contributed by atoms with Crippen LogP contribution >= 0.6 is 0 Å². The third-order valence-electron chi connectivity index (χ3n) is 3.49. The van der Waals surface area contributed by atoms with E-state index in [2.05, 4.69) is 0 Å². The lowest BCUT2D eigenvalue weighted by Crippen LogP contribution is -2.40. The number of amides is 1. The van der Waals surface area contributed by atoms with Gasteiger partial charge in [-0.15, -0.1) is 0 Å². The Balaban J connectivity index is 2.37. The summed E-state index contributed by atoms with van der Waals surface area (Å²) in [6.07, 6.45) is -0.955. The van der Waals surface area contributed by atoms with E-state index in [0.29, 0.717) is 5.56 Å². The molecule has 1 aliphatic heterocycles. The predicted molar refractivity (Wildman–Crippen MR) is 70.9 cm³/mol. The lowest BCUT2D eigenvalue weighted by Gasteiger charge is -2.21. The number of β-amino-alcohol motifs (C(OH)–C–C–N with tert-alkyl or cyclic N) is 1. The number of carbonyl (C=O) groups is 2. The van der Waals surface area contributed by atoms with Crippen molar-refractivity contribution in [2.45, 2.75) is 25.5 Å². The summed E-state index contributed by atoms with van der Waals surface area (Å²) < 4.78 is 0. The molecule has 112 valence electrons. The van der Waals surface area contributed by atoms with E-state index in [1.807, 2.05) is 0 Å². The summed E-state index contributed by atoms with van der Waals surface area (Å²) in [5.41, 5.74) is 0.344. The molecule has 1 amide bonds. The van der Waals surface area contributed by atoms with Gasteiger partial charge in [-0.25, -0.2) is 4.79 Å². The Bertz CT molecular complexity index is 615. The number of hydrogen-bond acceptors (Lipinski definition) is 5. The summed E-state index contributed by atoms with van der Waals surface area (Å²) in [5.74, 6) is -1.83. The highest BCUT2D eigenvalue weighted by Gasteiger charge is 2.39. The van der Waals surface area contributed by atoms with Crippen LogP contribution in [0.2, 0.25) is 0 Å². The molecular formula is C13H14N2O6. The van der Waals surface area contributed by atoms with E-state index in [4.69, 9.17) is 5.11 Å². The first-order valence-electron chi connectivity index (χ1n) is 6.28. The van der Waals surface area contributed by atoms with Crippen molar-refractivity contribution in [2.24, 2.45) is 0 Å². The van der Waals surface area contributed by atoms with E-state index < -0.39 is 28.9 Å². The zero-order valence-electron chi connectivity index (χ0n) is 11.2. The molecule has 1 aromatic rings. The first kappa shape index (κ1) is 14.9. The van der Waals surface area contributed by atoms with Crippen LogP contribution in [0.3, 0.4) is 0 Å². The van der Waals surface area contributed by atoms with Crippen molar-refractivity contribution in [3.8, 4) is 0 Å². The lowest BCUT2D eigenvalue weighted by atomic mass is 10.1. The summed E-state index contributed by atoms with van der Waals surface area (Å²) in [6.45, 7) is 1.51. The monoisotopic (exact) mass is 294 g/mol. The van der Waals surface area contributed by atoms with E-state index in [-0.39, 0.29) is 24.2 Å². The molecule has 1 saturated heterocycles. The fraction of sp³-hybridized carbons (Fsp3) is 0.385. The highest BCUT2D eigenvalue weighted by Crippen LogP contribution is 2.24. The molecule has 2 rings (SSSR count). The average molecular weight is 294 g/mol. The van der Waals surface area contributed by atoms with Crippen LogP contribution in [0.1, 0.15) is 22.3 Å². The van der Waals surface area contributed by atoms with Gasteiger partial charge in [-0.05, 0) is 12.5 Å². The average Bonchev–Trinajstić information content (AvgIpc) is 2.80. The molecule has 8 heteroatoms. The van der Waals surface area contributed by atoms with Crippen LogP contribution in [-0.2, 0) is 4.79 Å². The number of aliphatic hydroxyl groups excluding tert-OH is 1. The van der Waals surface area contributed by atoms with Crippen LogP contribution in [0.15, 0.2) is 18.2 Å². The second-order valence-corrected chi connectivity index (χ2v) is 4.96. The highest BCUT2D eigenvalue weighted by atomic mass is 16.6. The molecule has 0 aromatic heterocycles. The fourth-order valence-electron chi connectivity index (χ4n) is 2.38. The first-order chi connectivity index (χ1) is 9.81. The molecule has 2 atom stereocenters. The number of carbonyl (C=O) groups excluding carboxylic acids is 1. The maximum atomic E-state index is 12.4. The third kappa shape index (κ3) is 2.84. The molecule has 0 radical (unpaired) electrons. The number of hydrogen-bond donors (Lipinski definition) is 2. The van der Waals surface area contributed by atoms with Gasteiger partial charge >= 0.3 is 5.97 Å². The Hall–Kier alpha value is -2.48. The van der Waals surface area contributed by atoms with Gasteiger partial charge in [-0.2, -0.15) is 0 Å². The largest absolute Gasteiger partial charge is 0.480 e. The van der Waals surface area contributed by atoms with Crippen LogP contribution in [0, 0.1) is 17.0 Å². The molecular weight excluding hydrogens is 280 g/mol. The van der Waals surface area contributed by atoms with Crippen molar-refractivity contribution in [2.75, 3.05) is 6.54 Å². The van der Waals surface area contributed by atoms with Gasteiger partial charge in [0.2, 0.25) is 0 Å². The second kappa shape index (κ2) is 5.49. The van der Waals surface area contributed by atoms with E-state index in [1.54, 1.807) is 6.92 Å². The van der Waals surface area contributed by atoms with Crippen LogP contribution in [-0.4, -0.2) is 50.6 Å². The molecule has 21 heavy (non-hydrogen) atoms. The summed E-state index contributed by atoms with van der Waals surface area (Å²) >= 11 is 0. The zero-order valence-corrected chi connectivity index (χ0v) is 11.2. The summed E-state index contributed by atoms with van der Waals surface area (Å²) in [7, 11) is 0. The van der Waals surface area contributed by atoms with Crippen LogP contribution in [0.4, 0.5) is 5.69 Å². The number of aliphatic carboxylic acids is 1. The van der Waals surface area contributed by atoms with Gasteiger partial charge in [-0.1, -0.05) is 6.07 Å². The standard InChI is InChI=1S/C13H14N2O6/c1-7-2-3-8(15(20)21)4-10(7)12(17)14-6-9(16)5-11(14)13(18)19/h2-4,9,11,16H,5-6H2,1H3,(H,18,19). The van der Waals surface area contributed by atoms with E-state index in [1.165, 1.54) is 12.1 Å². The third-order valence-corrected chi connectivity index (χ3v) is 3.49. The Kier molecular flexibility index (Phi) is 3.90. The highest BCUT2D eigenvalue weighted by molar-refractivity contribution is 5.98. The van der Waals surface area contributed by atoms with Crippen molar-refractivity contribution in [3.05, 3.63) is 39.4 Å². The minimum Gasteiger partial charge on any atom is -0.480 e. The second-order valence-electron chi connectivity index (χ2n) is 4.96. The maximum Gasteiger partial charge on any atom is 0.326 e. The minimum absolute atomic E-state index is 0.0466. The molecule has 0 spiro atoms. The SMILES string of the molecule is Cc1ccc([N+](=O)[O-])cc1C(=O)N1CC(O)CC1C(=O)O. The van der Waals surface area contributed by atoms with Crippen molar-refractivity contribution in [3.63, 3.8) is 0 Å². The fourth-order valence-corrected chi connectivity index (χ4v) is 2.38. The number of benzene rings is 1. The molecule has 8 nitrogen and oxygen atoms in total. The van der Waals surface area contributed by atoms with E-state index >= 15 is 0 Å². The Morgan fingerprint density at radius 3 is 2.67 bits per heavy atom. The van der Waals surface area contributed by atoms with E-state index in [0.717, 1.165) is 11.0 Å². The number of nitro benzene ring substituents is 1. The quantitative estimate of drug-likeness (QED) is 0.620. The van der Waals surface area contributed by atoms with Crippen LogP contribution in [0.25, 0.3) is 0 Å². The number of nitro groups is 1. The van der Waals surface area contributed by atoms with Crippen LogP contribution in [0.5, 0.6) is 0 Å². The van der Waals surface area contributed by atoms with Crippen molar-refractivity contribution in [1.29, 1.82) is 0 Å². The molecule has 0 aliphatic carbocycles. The summed E-state index contributed by atoms with van der Waals surface area (Å²) in [4.78, 5) is 34.8. The molecule has 1 aliphatic rings. The number of carboxylic acid groups (broad SMARTS) is 1. The van der Waals surface area contributed by atoms with E-state index in [9.17, 15) is 24.8 Å². The molecule has 2 unspecified atom stereocenters. The van der Waals surface area contributed by atoms with Gasteiger partial charge < -0.3 is 15.1 Å². The molecule has 0 bridgehead atoms. The van der Waals surface area contributed by atoms with Crippen molar-refractivity contribution < 1.29 is 24.7 Å². The normalized spacial score (nSPS) is 21.3. The van der Waals surface area contributed by atoms with Gasteiger partial charge in [0, 0.05) is 30.7 Å². The van der Waals surface area contributed by atoms with Gasteiger partial charge in [0.05, 0.1) is 11.0 Å². The smallest absolute Gasteiger partial charge is 0.326 e. The van der Waals surface area contributed by atoms with Crippen LogP contribution < -0.4 is 0 Å². The molecule has 2 N–H and O–H groups in total. The molecule has 1 aromatic carbocycles. The maximum absolute atomic E-state index is 12.4. The predicted octanol–water partition coefficient (Wildman–Crippen LogP) is 0.563. The number of carboxylic acids is 1. The topological polar surface area (TPSA) is 121 Å². The summed E-state index contributed by atoms with van der Waals surface area (Å²) in [6, 6.07) is 2.72. The number of rotatable bonds is 3. The number of non-ortho nitro benzene ring substituents is 1. The van der Waals surface area contributed by atoms with Gasteiger partial charge in [-0.3, -0.25) is 14.9 Å². The minimum atomic E-state index is -1.21. The zero-order chi connectivity index (χ0) is 15.7. The van der Waals surface area contributed by atoms with Crippen molar-refractivity contribution in [1.82, 2.24) is 4.90 Å². The van der Waals surface area contributed by atoms with Gasteiger partial charge in [0.1, 0.15) is 6.04 Å². The number of aliphatic hydroxyl groups is 1. The first-order valence-corrected chi connectivity index (χ1v) is 6.28. The number of aryl methyl sites for hydroxylation is 1. The Morgan fingerprint density at radius 1 is 1.43 bits per heavy atom. The lowest BCUT2D eigenvalue weighted by molar-refractivity contribution is -0.384. The molecule has 1 heterocycles. The van der Waals surface area contributed by atoms with Gasteiger partial charge in [0.15, 0.2) is 0 Å². The molecule has 0 saturated carbocycles. The Labute approximate surface area is 119 Å². The number of likely N-dealkylation sites (tertiary alicyclic amines) is 1. The van der Waals surface area contributed by atoms with Gasteiger partial charge in [0.25, 0.3) is 11.6 Å². The molecule has 1 fully saturated rings.